The molecule has 6 heteroatoms. The maximum Gasteiger partial charge on any atom is 0.259 e. The predicted octanol–water partition coefficient (Wildman–Crippen LogP) is 4.86. The third kappa shape index (κ3) is 3.76. The Kier molecular flexibility index (Phi) is 4.77. The molecule has 3 heterocycles. The first kappa shape index (κ1) is 17.9. The number of hydrogen-bond donors (Lipinski definition) is 2. The highest BCUT2D eigenvalue weighted by Crippen LogP contribution is 2.30. The molecule has 5 nitrogen and oxygen atoms in total. The largest absolute Gasteiger partial charge is 0.378 e. The topological polar surface area (TPSA) is 61.0 Å². The van der Waals surface area contributed by atoms with E-state index >= 15 is 0 Å². The number of thiophene rings is 1. The van der Waals surface area contributed by atoms with Gasteiger partial charge >= 0.3 is 0 Å². The first-order valence-corrected chi connectivity index (χ1v) is 10.7. The number of anilines is 2. The van der Waals surface area contributed by atoms with Gasteiger partial charge in [0.25, 0.3) is 5.56 Å². The Balaban J connectivity index is 1.33. The number of aromatic amines is 1. The van der Waals surface area contributed by atoms with Crippen molar-refractivity contribution in [1.29, 1.82) is 0 Å². The molecular weight excluding hydrogens is 380 g/mol. The number of H-pyrrole nitrogens is 1. The molecule has 1 saturated heterocycles. The van der Waals surface area contributed by atoms with Gasteiger partial charge in [-0.25, -0.2) is 4.98 Å². The van der Waals surface area contributed by atoms with E-state index in [0.717, 1.165) is 34.0 Å². The van der Waals surface area contributed by atoms with Crippen molar-refractivity contribution in [2.45, 2.75) is 19.4 Å². The van der Waals surface area contributed by atoms with Crippen molar-refractivity contribution in [2.75, 3.05) is 23.3 Å². The number of aromatic nitrogens is 2. The van der Waals surface area contributed by atoms with Gasteiger partial charge in [-0.05, 0) is 48.7 Å². The summed E-state index contributed by atoms with van der Waals surface area (Å²) in [6.45, 7) is 2.76. The van der Waals surface area contributed by atoms with E-state index < -0.39 is 0 Å². The van der Waals surface area contributed by atoms with Gasteiger partial charge in [0.15, 0.2) is 0 Å². The lowest BCUT2D eigenvalue weighted by atomic mass is 10.2. The lowest BCUT2D eigenvalue weighted by Gasteiger charge is -2.17. The molecule has 1 aliphatic heterocycles. The second kappa shape index (κ2) is 7.72. The van der Waals surface area contributed by atoms with Crippen LogP contribution in [0.25, 0.3) is 20.7 Å². The zero-order valence-electron chi connectivity index (χ0n) is 16.0. The third-order valence-electron chi connectivity index (χ3n) is 5.31. The second-order valence-electron chi connectivity index (χ2n) is 7.30. The summed E-state index contributed by atoms with van der Waals surface area (Å²) in [7, 11) is 0. The van der Waals surface area contributed by atoms with Gasteiger partial charge in [-0.3, -0.25) is 4.79 Å². The molecule has 0 aliphatic carbocycles. The Morgan fingerprint density at radius 3 is 2.55 bits per heavy atom. The maximum absolute atomic E-state index is 12.5. The van der Waals surface area contributed by atoms with Crippen molar-refractivity contribution in [3.63, 3.8) is 0 Å². The molecule has 146 valence electrons. The van der Waals surface area contributed by atoms with Gasteiger partial charge in [-0.1, -0.05) is 30.3 Å². The molecule has 0 amide bonds. The molecule has 0 bridgehead atoms. The third-order valence-corrected chi connectivity index (χ3v) is 6.39. The van der Waals surface area contributed by atoms with Crippen LogP contribution >= 0.6 is 11.3 Å². The van der Waals surface area contributed by atoms with Crippen LogP contribution in [0.15, 0.2) is 65.5 Å². The summed E-state index contributed by atoms with van der Waals surface area (Å²) in [5, 5.41) is 4.01. The Morgan fingerprint density at radius 2 is 1.79 bits per heavy atom. The number of hydrogen-bond acceptors (Lipinski definition) is 5. The second-order valence-corrected chi connectivity index (χ2v) is 8.33. The van der Waals surface area contributed by atoms with Crippen LogP contribution in [0.2, 0.25) is 0 Å². The normalized spacial score (nSPS) is 13.9. The summed E-state index contributed by atoms with van der Waals surface area (Å²) in [5.74, 6) is 0.646. The van der Waals surface area contributed by atoms with Crippen LogP contribution in [0, 0.1) is 0 Å². The number of nitrogens with one attached hydrogen (secondary N) is 2. The first-order chi connectivity index (χ1) is 14.3. The van der Waals surface area contributed by atoms with Gasteiger partial charge in [0.2, 0.25) is 0 Å². The average molecular weight is 403 g/mol. The molecule has 29 heavy (non-hydrogen) atoms. The van der Waals surface area contributed by atoms with Gasteiger partial charge in [-0.2, -0.15) is 0 Å². The van der Waals surface area contributed by atoms with Gasteiger partial charge in [0, 0.05) is 29.3 Å². The predicted molar refractivity (Wildman–Crippen MR) is 121 cm³/mol. The van der Waals surface area contributed by atoms with Crippen LogP contribution in [0.4, 0.5) is 11.4 Å². The van der Waals surface area contributed by atoms with Gasteiger partial charge < -0.3 is 15.2 Å². The van der Waals surface area contributed by atoms with E-state index in [1.165, 1.54) is 18.5 Å². The zero-order chi connectivity index (χ0) is 19.6. The molecular formula is C23H22N4OS. The molecule has 0 radical (unpaired) electrons. The van der Waals surface area contributed by atoms with Crippen molar-refractivity contribution >= 4 is 32.9 Å². The smallest absolute Gasteiger partial charge is 0.259 e. The van der Waals surface area contributed by atoms with Crippen molar-refractivity contribution in [1.82, 2.24) is 9.97 Å². The van der Waals surface area contributed by atoms with Crippen molar-refractivity contribution in [3.8, 4) is 10.4 Å². The summed E-state index contributed by atoms with van der Waals surface area (Å²) in [4.78, 5) is 24.3. The van der Waals surface area contributed by atoms with E-state index in [1.807, 2.05) is 36.4 Å². The summed E-state index contributed by atoms with van der Waals surface area (Å²) in [6, 6.07) is 20.5. The highest BCUT2D eigenvalue weighted by molar-refractivity contribution is 7.21. The highest BCUT2D eigenvalue weighted by atomic mass is 32.1. The number of fused-ring (bicyclic) bond motifs is 1. The van der Waals surface area contributed by atoms with Crippen LogP contribution in [-0.2, 0) is 6.54 Å². The number of benzene rings is 2. The Labute approximate surface area is 173 Å². The molecule has 4 aromatic rings. The molecule has 1 fully saturated rings. The van der Waals surface area contributed by atoms with E-state index in [2.05, 4.69) is 44.5 Å². The average Bonchev–Trinajstić information content (AvgIpc) is 3.44. The lowest BCUT2D eigenvalue weighted by molar-refractivity contribution is 0.949. The fraction of sp³-hybridized carbons (Fsp3) is 0.217. The summed E-state index contributed by atoms with van der Waals surface area (Å²) >= 11 is 1.55. The van der Waals surface area contributed by atoms with Crippen LogP contribution in [0.3, 0.4) is 0 Å². The lowest BCUT2D eigenvalue weighted by Crippen LogP contribution is -2.17. The van der Waals surface area contributed by atoms with Gasteiger partial charge in [0.05, 0.1) is 11.9 Å². The van der Waals surface area contributed by atoms with Crippen molar-refractivity contribution < 1.29 is 0 Å². The fourth-order valence-electron chi connectivity index (χ4n) is 3.76. The van der Waals surface area contributed by atoms with E-state index in [0.29, 0.717) is 17.8 Å². The summed E-state index contributed by atoms with van der Waals surface area (Å²) < 4.78 is 0. The molecule has 2 N–H and O–H groups in total. The van der Waals surface area contributed by atoms with Gasteiger partial charge in [0.1, 0.15) is 10.7 Å². The molecule has 1 aliphatic rings. The Hall–Kier alpha value is -3.12. The van der Waals surface area contributed by atoms with Gasteiger partial charge in [-0.15, -0.1) is 11.3 Å². The fourth-order valence-corrected chi connectivity index (χ4v) is 4.81. The van der Waals surface area contributed by atoms with Crippen LogP contribution in [-0.4, -0.2) is 23.1 Å². The first-order valence-electron chi connectivity index (χ1n) is 9.93. The van der Waals surface area contributed by atoms with E-state index in [9.17, 15) is 4.79 Å². The number of nitrogens with zero attached hydrogens (tertiary/aromatic N) is 2. The SMILES string of the molecule is O=c1[nH]c(CNc2ccc(N3CCCC3)cc2)nc2sc(-c3ccccc3)cc12. The van der Waals surface area contributed by atoms with E-state index in [4.69, 9.17) is 0 Å². The van der Waals surface area contributed by atoms with Crippen LogP contribution in [0.5, 0.6) is 0 Å². The van der Waals surface area contributed by atoms with Crippen molar-refractivity contribution in [2.24, 2.45) is 0 Å². The van der Waals surface area contributed by atoms with E-state index in [-0.39, 0.29) is 5.56 Å². The van der Waals surface area contributed by atoms with Crippen molar-refractivity contribution in [3.05, 3.63) is 76.8 Å². The molecule has 0 spiro atoms. The summed E-state index contributed by atoms with van der Waals surface area (Å²) in [6.07, 6.45) is 2.55. The van der Waals surface area contributed by atoms with E-state index in [1.54, 1.807) is 11.3 Å². The zero-order valence-corrected chi connectivity index (χ0v) is 16.8. The minimum absolute atomic E-state index is 0.0883. The molecule has 2 aromatic heterocycles. The molecule has 0 atom stereocenters. The molecule has 2 aromatic carbocycles. The van der Waals surface area contributed by atoms with Crippen LogP contribution in [0.1, 0.15) is 18.7 Å². The highest BCUT2D eigenvalue weighted by Gasteiger charge is 2.12. The Morgan fingerprint density at radius 1 is 1.03 bits per heavy atom. The standard InChI is InChI=1S/C23H22N4OS/c28-22-19-14-20(16-6-2-1-3-7-16)29-23(19)26-21(25-22)15-24-17-8-10-18(11-9-17)27-12-4-5-13-27/h1-3,6-11,14,24H,4-5,12-13,15H2,(H,25,26,28). The summed E-state index contributed by atoms with van der Waals surface area (Å²) in [5.41, 5.74) is 3.31. The Bertz CT molecular complexity index is 1180. The quantitative estimate of drug-likeness (QED) is 0.500. The molecule has 5 rings (SSSR count). The molecule has 0 saturated carbocycles. The number of rotatable bonds is 5. The monoisotopic (exact) mass is 402 g/mol. The van der Waals surface area contributed by atoms with Crippen LogP contribution < -0.4 is 15.8 Å². The maximum atomic E-state index is 12.5. The minimum Gasteiger partial charge on any atom is -0.378 e. The minimum atomic E-state index is -0.0883. The molecule has 0 unspecified atom stereocenters.